The van der Waals surface area contributed by atoms with Crippen molar-refractivity contribution >= 4 is 11.8 Å². The van der Waals surface area contributed by atoms with E-state index in [-0.39, 0.29) is 29.6 Å². The van der Waals surface area contributed by atoms with Gasteiger partial charge in [-0.3, -0.25) is 19.5 Å². The average molecular weight is 357 g/mol. The molecule has 26 heavy (non-hydrogen) atoms. The molecule has 0 saturated carbocycles. The monoisotopic (exact) mass is 357 g/mol. The molecular weight excluding hydrogens is 334 g/mol. The zero-order chi connectivity index (χ0) is 18.5. The maximum Gasteiger partial charge on any atom is 0.273 e. The SMILES string of the molecule is CCNC(=O)[C@@H]1C[C@@H](NC(=O)c2cc(C)on2)CN1Cc1ccccn1. The minimum atomic E-state index is -0.304. The molecule has 2 aromatic heterocycles. The van der Waals surface area contributed by atoms with E-state index in [2.05, 4.69) is 20.8 Å². The van der Waals surface area contributed by atoms with E-state index in [1.165, 1.54) is 0 Å². The van der Waals surface area contributed by atoms with Crippen molar-refractivity contribution in [2.75, 3.05) is 13.1 Å². The van der Waals surface area contributed by atoms with Crippen LogP contribution in [-0.2, 0) is 11.3 Å². The summed E-state index contributed by atoms with van der Waals surface area (Å²) in [4.78, 5) is 31.1. The maximum absolute atomic E-state index is 12.4. The van der Waals surface area contributed by atoms with Gasteiger partial charge >= 0.3 is 0 Å². The van der Waals surface area contributed by atoms with Crippen molar-refractivity contribution in [3.63, 3.8) is 0 Å². The lowest BCUT2D eigenvalue weighted by atomic mass is 10.1. The molecule has 138 valence electrons. The molecule has 2 atom stereocenters. The molecule has 1 fully saturated rings. The molecule has 1 saturated heterocycles. The number of rotatable bonds is 6. The molecule has 0 aliphatic carbocycles. The number of carbonyl (C=O) groups excluding carboxylic acids is 2. The molecule has 1 aliphatic rings. The summed E-state index contributed by atoms with van der Waals surface area (Å²) in [5.74, 6) is 0.261. The third-order valence-corrected chi connectivity index (χ3v) is 4.34. The van der Waals surface area contributed by atoms with Gasteiger partial charge in [0.25, 0.3) is 5.91 Å². The Labute approximate surface area is 151 Å². The van der Waals surface area contributed by atoms with E-state index >= 15 is 0 Å². The standard InChI is InChI=1S/C18H23N5O3/c1-3-19-18(25)16-9-14(21-17(24)15-8-12(2)26-22-15)11-23(16)10-13-6-4-5-7-20-13/h4-8,14,16H,3,9-11H2,1-2H3,(H,19,25)(H,21,24)/t14-,16+/m1/s1. The predicted molar refractivity (Wildman–Crippen MR) is 94.2 cm³/mol. The lowest BCUT2D eigenvalue weighted by Gasteiger charge is -2.22. The normalized spacial score (nSPS) is 20.1. The van der Waals surface area contributed by atoms with Gasteiger partial charge in [0, 0.05) is 37.9 Å². The second kappa shape index (κ2) is 8.09. The Hall–Kier alpha value is -2.74. The van der Waals surface area contributed by atoms with E-state index < -0.39 is 0 Å². The van der Waals surface area contributed by atoms with Gasteiger partial charge in [-0.25, -0.2) is 0 Å². The third-order valence-electron chi connectivity index (χ3n) is 4.34. The van der Waals surface area contributed by atoms with Gasteiger partial charge in [0.2, 0.25) is 5.91 Å². The molecule has 8 nitrogen and oxygen atoms in total. The molecule has 0 spiro atoms. The van der Waals surface area contributed by atoms with Crippen molar-refractivity contribution in [2.24, 2.45) is 0 Å². The molecule has 2 amide bonds. The first-order valence-corrected chi connectivity index (χ1v) is 8.72. The van der Waals surface area contributed by atoms with Crippen LogP contribution < -0.4 is 10.6 Å². The highest BCUT2D eigenvalue weighted by molar-refractivity contribution is 5.92. The van der Waals surface area contributed by atoms with Crippen LogP contribution >= 0.6 is 0 Å². The summed E-state index contributed by atoms with van der Waals surface area (Å²) < 4.78 is 4.95. The van der Waals surface area contributed by atoms with Gasteiger partial charge < -0.3 is 15.2 Å². The Kier molecular flexibility index (Phi) is 5.62. The summed E-state index contributed by atoms with van der Waals surface area (Å²) in [5.41, 5.74) is 1.14. The Morgan fingerprint density at radius 1 is 1.38 bits per heavy atom. The van der Waals surface area contributed by atoms with Gasteiger partial charge in [0.05, 0.1) is 11.7 Å². The Bertz CT molecular complexity index is 761. The average Bonchev–Trinajstić information content (AvgIpc) is 3.22. The maximum atomic E-state index is 12.4. The fraction of sp³-hybridized carbons (Fsp3) is 0.444. The van der Waals surface area contributed by atoms with Crippen molar-refractivity contribution in [1.29, 1.82) is 0 Å². The van der Waals surface area contributed by atoms with Crippen LogP contribution in [0.2, 0.25) is 0 Å². The first-order valence-electron chi connectivity index (χ1n) is 8.72. The van der Waals surface area contributed by atoms with Crippen LogP contribution in [0.3, 0.4) is 0 Å². The van der Waals surface area contributed by atoms with Crippen molar-refractivity contribution in [2.45, 2.75) is 38.9 Å². The second-order valence-corrected chi connectivity index (χ2v) is 6.39. The summed E-state index contributed by atoms with van der Waals surface area (Å²) >= 11 is 0. The molecule has 0 aromatic carbocycles. The van der Waals surface area contributed by atoms with E-state index in [0.29, 0.717) is 31.8 Å². The number of aryl methyl sites for hydroxylation is 1. The second-order valence-electron chi connectivity index (χ2n) is 6.39. The highest BCUT2D eigenvalue weighted by Gasteiger charge is 2.37. The number of hydrogen-bond acceptors (Lipinski definition) is 6. The van der Waals surface area contributed by atoms with Gasteiger partial charge in [-0.15, -0.1) is 0 Å². The third kappa shape index (κ3) is 4.26. The largest absolute Gasteiger partial charge is 0.361 e. The summed E-state index contributed by atoms with van der Waals surface area (Å²) in [5, 5.41) is 9.56. The van der Waals surface area contributed by atoms with Crippen molar-refractivity contribution in [3.8, 4) is 0 Å². The number of nitrogens with one attached hydrogen (secondary N) is 2. The van der Waals surface area contributed by atoms with E-state index in [0.717, 1.165) is 5.69 Å². The summed E-state index contributed by atoms with van der Waals surface area (Å²) in [6.07, 6.45) is 2.28. The number of nitrogens with zero attached hydrogens (tertiary/aromatic N) is 3. The molecule has 8 heteroatoms. The van der Waals surface area contributed by atoms with Crippen LogP contribution in [0, 0.1) is 6.92 Å². The van der Waals surface area contributed by atoms with Gasteiger partial charge in [-0.05, 0) is 32.4 Å². The fourth-order valence-corrected chi connectivity index (χ4v) is 3.18. The van der Waals surface area contributed by atoms with Crippen LogP contribution in [-0.4, -0.2) is 52.0 Å². The number of hydrogen-bond donors (Lipinski definition) is 2. The quantitative estimate of drug-likeness (QED) is 0.796. The smallest absolute Gasteiger partial charge is 0.273 e. The van der Waals surface area contributed by atoms with Crippen molar-refractivity contribution in [3.05, 3.63) is 47.6 Å². The Morgan fingerprint density at radius 3 is 2.88 bits per heavy atom. The number of carbonyl (C=O) groups is 2. The van der Waals surface area contributed by atoms with Crippen LogP contribution in [0.15, 0.2) is 35.0 Å². The topological polar surface area (TPSA) is 100 Å². The fourth-order valence-electron chi connectivity index (χ4n) is 3.18. The number of likely N-dealkylation sites (tertiary alicyclic amines) is 1. The highest BCUT2D eigenvalue weighted by atomic mass is 16.5. The van der Waals surface area contributed by atoms with E-state index in [9.17, 15) is 9.59 Å². The summed E-state index contributed by atoms with van der Waals surface area (Å²) in [7, 11) is 0. The minimum Gasteiger partial charge on any atom is -0.361 e. The summed E-state index contributed by atoms with van der Waals surface area (Å²) in [6, 6.07) is 6.86. The number of aromatic nitrogens is 2. The van der Waals surface area contributed by atoms with Gasteiger partial charge in [0.15, 0.2) is 5.69 Å². The van der Waals surface area contributed by atoms with Gasteiger partial charge in [0.1, 0.15) is 5.76 Å². The predicted octanol–water partition coefficient (Wildman–Crippen LogP) is 0.887. The lowest BCUT2D eigenvalue weighted by molar-refractivity contribution is -0.125. The van der Waals surface area contributed by atoms with E-state index in [1.54, 1.807) is 19.2 Å². The van der Waals surface area contributed by atoms with E-state index in [4.69, 9.17) is 4.52 Å². The van der Waals surface area contributed by atoms with Crippen LogP contribution in [0.1, 0.15) is 35.3 Å². The van der Waals surface area contributed by atoms with Gasteiger partial charge in [-0.1, -0.05) is 11.2 Å². The zero-order valence-electron chi connectivity index (χ0n) is 14.9. The molecular formula is C18H23N5O3. The van der Waals surface area contributed by atoms with Crippen LogP contribution in [0.4, 0.5) is 0 Å². The Morgan fingerprint density at radius 2 is 2.23 bits per heavy atom. The minimum absolute atomic E-state index is 0.0301. The molecule has 0 unspecified atom stereocenters. The number of likely N-dealkylation sites (N-methyl/N-ethyl adjacent to an activating group) is 1. The molecule has 0 radical (unpaired) electrons. The van der Waals surface area contributed by atoms with Gasteiger partial charge in [-0.2, -0.15) is 0 Å². The van der Waals surface area contributed by atoms with Crippen LogP contribution in [0.5, 0.6) is 0 Å². The Balaban J connectivity index is 1.68. The summed E-state index contributed by atoms with van der Waals surface area (Å²) in [6.45, 7) is 5.32. The first-order chi connectivity index (χ1) is 12.6. The molecule has 3 rings (SSSR count). The van der Waals surface area contributed by atoms with E-state index in [1.807, 2.05) is 30.0 Å². The molecule has 2 aromatic rings. The number of pyridine rings is 1. The first kappa shape index (κ1) is 18.1. The van der Waals surface area contributed by atoms with Crippen molar-refractivity contribution in [1.82, 2.24) is 25.7 Å². The lowest BCUT2D eigenvalue weighted by Crippen LogP contribution is -2.42. The molecule has 2 N–H and O–H groups in total. The highest BCUT2D eigenvalue weighted by Crippen LogP contribution is 2.21. The molecule has 3 heterocycles. The molecule has 0 bridgehead atoms. The number of amides is 2. The van der Waals surface area contributed by atoms with Crippen molar-refractivity contribution < 1.29 is 14.1 Å². The van der Waals surface area contributed by atoms with Crippen LogP contribution in [0.25, 0.3) is 0 Å². The zero-order valence-corrected chi connectivity index (χ0v) is 14.9. The molecule has 1 aliphatic heterocycles.